The van der Waals surface area contributed by atoms with Gasteiger partial charge in [-0.3, -0.25) is 0 Å². The second-order valence-corrected chi connectivity index (χ2v) is 5.08. The van der Waals surface area contributed by atoms with Crippen LogP contribution in [0.15, 0.2) is 46.9 Å². The molecule has 0 saturated carbocycles. The number of fused-ring (bicyclic) bond motifs is 1. The molecule has 0 bridgehead atoms. The van der Waals surface area contributed by atoms with Gasteiger partial charge in [-0.05, 0) is 60.9 Å². The molecule has 1 aromatic heterocycles. The van der Waals surface area contributed by atoms with Gasteiger partial charge in [-0.15, -0.1) is 0 Å². The number of carbonyl (C=O) groups excluding carboxylic acids is 1. The molecule has 3 rings (SSSR count). The summed E-state index contributed by atoms with van der Waals surface area (Å²) in [7, 11) is 0. The molecule has 0 radical (unpaired) electrons. The maximum Gasteiger partial charge on any atom is 0.374 e. The van der Waals surface area contributed by atoms with Crippen molar-refractivity contribution in [2.75, 3.05) is 6.61 Å². The van der Waals surface area contributed by atoms with Gasteiger partial charge >= 0.3 is 5.97 Å². The van der Waals surface area contributed by atoms with Crippen molar-refractivity contribution in [2.24, 2.45) is 0 Å². The smallest absolute Gasteiger partial charge is 0.374 e. The molecule has 0 saturated heterocycles. The van der Waals surface area contributed by atoms with Crippen molar-refractivity contribution in [3.05, 3.63) is 53.8 Å². The van der Waals surface area contributed by atoms with Crippen LogP contribution in [-0.4, -0.2) is 17.7 Å². The van der Waals surface area contributed by atoms with Crippen LogP contribution in [-0.2, 0) is 4.74 Å². The summed E-state index contributed by atoms with van der Waals surface area (Å²) in [5, 5.41) is 10.3. The van der Waals surface area contributed by atoms with Crippen molar-refractivity contribution >= 4 is 16.9 Å². The Hall–Kier alpha value is -2.75. The van der Waals surface area contributed by atoms with Crippen LogP contribution in [0.1, 0.15) is 23.0 Å². The molecule has 0 spiro atoms. The second kappa shape index (κ2) is 5.56. The number of benzene rings is 2. The molecule has 0 aliphatic heterocycles. The molecular weight excluding hydrogens is 280 g/mol. The van der Waals surface area contributed by atoms with Crippen LogP contribution in [0, 0.1) is 6.92 Å². The predicted octanol–water partition coefficient (Wildman–Crippen LogP) is 4.29. The van der Waals surface area contributed by atoms with Gasteiger partial charge in [-0.25, -0.2) is 4.79 Å². The molecule has 0 amide bonds. The Balaban J connectivity index is 2.04. The molecule has 22 heavy (non-hydrogen) atoms. The molecule has 0 unspecified atom stereocenters. The quantitative estimate of drug-likeness (QED) is 0.732. The standard InChI is InChI=1S/C18H16O4/c1-3-21-18(20)17-10-13-9-12(4-7-16(13)22-17)15-6-5-14(19)8-11(15)2/h4-10,19H,3H2,1-2H3. The zero-order valence-electron chi connectivity index (χ0n) is 12.4. The van der Waals surface area contributed by atoms with Crippen molar-refractivity contribution in [1.82, 2.24) is 0 Å². The van der Waals surface area contributed by atoms with Crippen LogP contribution in [0.4, 0.5) is 0 Å². The zero-order valence-corrected chi connectivity index (χ0v) is 12.4. The third-order valence-corrected chi connectivity index (χ3v) is 3.51. The minimum atomic E-state index is -0.457. The summed E-state index contributed by atoms with van der Waals surface area (Å²) in [5.41, 5.74) is 3.65. The highest BCUT2D eigenvalue weighted by molar-refractivity contribution is 5.94. The number of furan rings is 1. The summed E-state index contributed by atoms with van der Waals surface area (Å²) in [5.74, 6) is -0.00673. The molecule has 0 fully saturated rings. The maximum absolute atomic E-state index is 11.7. The molecule has 4 nitrogen and oxygen atoms in total. The molecule has 0 aliphatic carbocycles. The van der Waals surface area contributed by atoms with Gasteiger partial charge in [-0.1, -0.05) is 12.1 Å². The number of rotatable bonds is 3. The van der Waals surface area contributed by atoms with E-state index in [1.54, 1.807) is 25.1 Å². The fraction of sp³-hybridized carbons (Fsp3) is 0.167. The second-order valence-electron chi connectivity index (χ2n) is 5.08. The van der Waals surface area contributed by atoms with Crippen LogP contribution in [0.2, 0.25) is 0 Å². The molecule has 4 heteroatoms. The number of aromatic hydroxyl groups is 1. The Kier molecular flexibility index (Phi) is 3.59. The Bertz CT molecular complexity index is 845. The van der Waals surface area contributed by atoms with Crippen molar-refractivity contribution in [2.45, 2.75) is 13.8 Å². The van der Waals surface area contributed by atoms with Crippen LogP contribution in [0.3, 0.4) is 0 Å². The molecule has 112 valence electrons. The number of hydrogen-bond acceptors (Lipinski definition) is 4. The van der Waals surface area contributed by atoms with E-state index in [1.807, 2.05) is 31.2 Å². The van der Waals surface area contributed by atoms with Gasteiger partial charge in [-0.2, -0.15) is 0 Å². The largest absolute Gasteiger partial charge is 0.508 e. The highest BCUT2D eigenvalue weighted by atomic mass is 16.5. The van der Waals surface area contributed by atoms with Crippen LogP contribution >= 0.6 is 0 Å². The molecule has 0 aliphatic rings. The fourth-order valence-electron chi connectivity index (χ4n) is 2.49. The fourth-order valence-corrected chi connectivity index (χ4v) is 2.49. The third-order valence-electron chi connectivity index (χ3n) is 3.51. The number of esters is 1. The van der Waals surface area contributed by atoms with Gasteiger partial charge < -0.3 is 14.3 Å². The summed E-state index contributed by atoms with van der Waals surface area (Å²) in [6.07, 6.45) is 0. The lowest BCUT2D eigenvalue weighted by molar-refractivity contribution is 0.0492. The van der Waals surface area contributed by atoms with E-state index in [-0.39, 0.29) is 11.5 Å². The lowest BCUT2D eigenvalue weighted by Gasteiger charge is -2.06. The molecule has 1 N–H and O–H groups in total. The van der Waals surface area contributed by atoms with Crippen LogP contribution < -0.4 is 0 Å². The van der Waals surface area contributed by atoms with E-state index >= 15 is 0 Å². The number of ether oxygens (including phenoxy) is 1. The molecule has 3 aromatic rings. The average molecular weight is 296 g/mol. The number of aryl methyl sites for hydroxylation is 1. The first-order valence-electron chi connectivity index (χ1n) is 7.09. The lowest BCUT2D eigenvalue weighted by atomic mass is 9.99. The summed E-state index contributed by atoms with van der Waals surface area (Å²) in [6.45, 7) is 4.01. The van der Waals surface area contributed by atoms with Gasteiger partial charge in [0.25, 0.3) is 0 Å². The summed E-state index contributed by atoms with van der Waals surface area (Å²) in [6, 6.07) is 12.7. The van der Waals surface area contributed by atoms with Gasteiger partial charge in [0.05, 0.1) is 6.61 Å². The zero-order chi connectivity index (χ0) is 15.7. The summed E-state index contributed by atoms with van der Waals surface area (Å²) in [4.78, 5) is 11.7. The highest BCUT2D eigenvalue weighted by Gasteiger charge is 2.14. The Labute approximate surface area is 127 Å². The first-order valence-corrected chi connectivity index (χ1v) is 7.09. The number of carbonyl (C=O) groups is 1. The summed E-state index contributed by atoms with van der Waals surface area (Å²) >= 11 is 0. The Morgan fingerprint density at radius 1 is 1.18 bits per heavy atom. The van der Waals surface area contributed by atoms with Crippen molar-refractivity contribution in [1.29, 1.82) is 0 Å². The van der Waals surface area contributed by atoms with E-state index in [4.69, 9.17) is 9.15 Å². The van der Waals surface area contributed by atoms with E-state index in [0.717, 1.165) is 22.1 Å². The van der Waals surface area contributed by atoms with E-state index < -0.39 is 5.97 Å². The van der Waals surface area contributed by atoms with Crippen molar-refractivity contribution in [3.8, 4) is 16.9 Å². The minimum absolute atomic E-state index is 0.205. The monoisotopic (exact) mass is 296 g/mol. The van der Waals surface area contributed by atoms with Gasteiger partial charge in [0.2, 0.25) is 5.76 Å². The SMILES string of the molecule is CCOC(=O)c1cc2cc(-c3ccc(O)cc3C)ccc2o1. The molecule has 0 atom stereocenters. The van der Waals surface area contributed by atoms with Gasteiger partial charge in [0, 0.05) is 5.39 Å². The maximum atomic E-state index is 11.7. The normalized spacial score (nSPS) is 10.8. The van der Waals surface area contributed by atoms with E-state index in [9.17, 15) is 9.90 Å². The number of phenolic OH excluding ortho intramolecular Hbond substituents is 1. The van der Waals surface area contributed by atoms with Crippen LogP contribution in [0.5, 0.6) is 5.75 Å². The van der Waals surface area contributed by atoms with E-state index in [1.165, 1.54) is 0 Å². The number of phenols is 1. The van der Waals surface area contributed by atoms with Crippen molar-refractivity contribution in [3.63, 3.8) is 0 Å². The highest BCUT2D eigenvalue weighted by Crippen LogP contribution is 2.30. The predicted molar refractivity (Wildman–Crippen MR) is 84.0 cm³/mol. The lowest BCUT2D eigenvalue weighted by Crippen LogP contribution is -2.02. The average Bonchev–Trinajstić information content (AvgIpc) is 2.90. The molecule has 1 heterocycles. The summed E-state index contributed by atoms with van der Waals surface area (Å²) < 4.78 is 10.5. The third kappa shape index (κ3) is 2.55. The molecular formula is C18H16O4. The minimum Gasteiger partial charge on any atom is -0.508 e. The van der Waals surface area contributed by atoms with E-state index in [2.05, 4.69) is 0 Å². The van der Waals surface area contributed by atoms with Gasteiger partial charge in [0.1, 0.15) is 11.3 Å². The Morgan fingerprint density at radius 3 is 2.73 bits per heavy atom. The van der Waals surface area contributed by atoms with E-state index in [0.29, 0.717) is 12.2 Å². The van der Waals surface area contributed by atoms with Gasteiger partial charge in [0.15, 0.2) is 0 Å². The van der Waals surface area contributed by atoms with Crippen LogP contribution in [0.25, 0.3) is 22.1 Å². The molecule has 2 aromatic carbocycles. The Morgan fingerprint density at radius 2 is 2.00 bits per heavy atom. The first kappa shape index (κ1) is 14.2. The van der Waals surface area contributed by atoms with Crippen molar-refractivity contribution < 1.29 is 19.1 Å². The first-order chi connectivity index (χ1) is 10.6. The topological polar surface area (TPSA) is 59.7 Å². The number of hydrogen-bond donors (Lipinski definition) is 1.